The van der Waals surface area contributed by atoms with Crippen LogP contribution in [0.5, 0.6) is 5.75 Å². The van der Waals surface area contributed by atoms with Crippen LogP contribution in [0, 0.1) is 20.8 Å². The number of nitrogens with zero attached hydrogens (tertiary/aromatic N) is 2. The Morgan fingerprint density at radius 1 is 1.21 bits per heavy atom. The van der Waals surface area contributed by atoms with Gasteiger partial charge >= 0.3 is 0 Å². The van der Waals surface area contributed by atoms with E-state index in [9.17, 15) is 4.79 Å². The molecule has 0 saturated carbocycles. The van der Waals surface area contributed by atoms with Crippen LogP contribution in [0.4, 0.5) is 0 Å². The van der Waals surface area contributed by atoms with E-state index in [0.29, 0.717) is 5.76 Å². The molecule has 3 aromatic rings. The molecule has 1 aromatic carbocycles. The molecule has 1 N–H and O–H groups in total. The minimum atomic E-state index is -0.256. The molecule has 0 radical (unpaired) electrons. The Balaban J connectivity index is 1.61. The summed E-state index contributed by atoms with van der Waals surface area (Å²) in [6, 6.07) is 9.32. The summed E-state index contributed by atoms with van der Waals surface area (Å²) in [4.78, 5) is 12.5. The van der Waals surface area contributed by atoms with Gasteiger partial charge in [0, 0.05) is 17.8 Å². The van der Waals surface area contributed by atoms with Crippen LogP contribution < -0.4 is 10.1 Å². The van der Waals surface area contributed by atoms with Crippen molar-refractivity contribution in [1.82, 2.24) is 15.1 Å². The van der Waals surface area contributed by atoms with Crippen LogP contribution in [0.25, 0.3) is 0 Å². The largest absolute Gasteiger partial charge is 0.486 e. The summed E-state index contributed by atoms with van der Waals surface area (Å²) in [7, 11) is 0. The van der Waals surface area contributed by atoms with Crippen molar-refractivity contribution < 1.29 is 13.9 Å². The number of aromatic nitrogens is 2. The fourth-order valence-electron chi connectivity index (χ4n) is 3.30. The maximum absolute atomic E-state index is 12.5. The van der Waals surface area contributed by atoms with Crippen molar-refractivity contribution in [3.8, 4) is 5.75 Å². The maximum Gasteiger partial charge on any atom is 0.287 e. The molecule has 0 saturated heterocycles. The first-order chi connectivity index (χ1) is 13.4. The molecule has 2 aromatic heterocycles. The Kier molecular flexibility index (Phi) is 5.87. The standard InChI is InChI=1S/C22H27N3O3/c1-6-25-17(5)20(12-23-25)16(4)24-22(26)21-8-7-18(28-21)13-27-19-10-14(2)9-15(3)11-19/h7-12,16H,6,13H2,1-5H3,(H,24,26). The monoisotopic (exact) mass is 381 g/mol. The van der Waals surface area contributed by atoms with Crippen LogP contribution in [0.1, 0.15) is 58.6 Å². The number of amides is 1. The van der Waals surface area contributed by atoms with E-state index in [1.807, 2.05) is 51.4 Å². The fourth-order valence-corrected chi connectivity index (χ4v) is 3.30. The number of aryl methyl sites for hydroxylation is 3. The van der Waals surface area contributed by atoms with Gasteiger partial charge in [-0.25, -0.2) is 0 Å². The zero-order valence-corrected chi connectivity index (χ0v) is 17.1. The van der Waals surface area contributed by atoms with E-state index < -0.39 is 0 Å². The smallest absolute Gasteiger partial charge is 0.287 e. The van der Waals surface area contributed by atoms with Crippen LogP contribution in [-0.4, -0.2) is 15.7 Å². The third-order valence-electron chi connectivity index (χ3n) is 4.72. The summed E-state index contributed by atoms with van der Waals surface area (Å²) in [6.07, 6.45) is 1.80. The molecule has 0 bridgehead atoms. The number of rotatable bonds is 7. The van der Waals surface area contributed by atoms with Crippen molar-refractivity contribution >= 4 is 5.91 Å². The van der Waals surface area contributed by atoms with Gasteiger partial charge in [0.1, 0.15) is 18.1 Å². The summed E-state index contributed by atoms with van der Waals surface area (Å²) in [6.45, 7) is 11.1. The SMILES string of the molecule is CCn1ncc(C(C)NC(=O)c2ccc(COc3cc(C)cc(C)c3)o2)c1C. The molecule has 28 heavy (non-hydrogen) atoms. The lowest BCUT2D eigenvalue weighted by Gasteiger charge is -2.13. The number of furan rings is 1. The second-order valence-corrected chi connectivity index (χ2v) is 7.07. The van der Waals surface area contributed by atoms with Crippen LogP contribution >= 0.6 is 0 Å². The fraction of sp³-hybridized carbons (Fsp3) is 0.364. The number of nitrogens with one attached hydrogen (secondary N) is 1. The molecule has 3 rings (SSSR count). The Morgan fingerprint density at radius 2 is 1.93 bits per heavy atom. The van der Waals surface area contributed by atoms with Crippen molar-refractivity contribution in [3.05, 3.63) is 70.4 Å². The lowest BCUT2D eigenvalue weighted by atomic mass is 10.1. The molecule has 0 fully saturated rings. The lowest BCUT2D eigenvalue weighted by Crippen LogP contribution is -2.26. The summed E-state index contributed by atoms with van der Waals surface area (Å²) >= 11 is 0. The second-order valence-electron chi connectivity index (χ2n) is 7.07. The normalized spacial score (nSPS) is 12.0. The molecule has 148 valence electrons. The van der Waals surface area contributed by atoms with E-state index >= 15 is 0 Å². The lowest BCUT2D eigenvalue weighted by molar-refractivity contribution is 0.0907. The van der Waals surface area contributed by atoms with Gasteiger partial charge < -0.3 is 14.5 Å². The third kappa shape index (κ3) is 4.44. The number of benzene rings is 1. The van der Waals surface area contributed by atoms with E-state index in [-0.39, 0.29) is 24.3 Å². The van der Waals surface area contributed by atoms with Gasteiger partial charge in [-0.05, 0) is 70.0 Å². The minimum absolute atomic E-state index is 0.159. The second kappa shape index (κ2) is 8.33. The van der Waals surface area contributed by atoms with Gasteiger partial charge in [0.2, 0.25) is 0 Å². The molecular formula is C22H27N3O3. The minimum Gasteiger partial charge on any atom is -0.486 e. The van der Waals surface area contributed by atoms with Crippen molar-refractivity contribution in [2.24, 2.45) is 0 Å². The number of carbonyl (C=O) groups excluding carboxylic acids is 1. The first-order valence-corrected chi connectivity index (χ1v) is 9.50. The molecule has 0 aliphatic heterocycles. The van der Waals surface area contributed by atoms with E-state index in [1.165, 1.54) is 0 Å². The van der Waals surface area contributed by atoms with Crippen molar-refractivity contribution in [2.45, 2.75) is 53.8 Å². The molecule has 2 heterocycles. The molecule has 1 amide bonds. The van der Waals surface area contributed by atoms with E-state index in [1.54, 1.807) is 18.3 Å². The van der Waals surface area contributed by atoms with Crippen LogP contribution in [0.2, 0.25) is 0 Å². The number of hydrogen-bond acceptors (Lipinski definition) is 4. The van der Waals surface area contributed by atoms with Gasteiger partial charge in [-0.2, -0.15) is 5.10 Å². The van der Waals surface area contributed by atoms with Crippen molar-refractivity contribution in [1.29, 1.82) is 0 Å². The topological polar surface area (TPSA) is 69.3 Å². The quantitative estimate of drug-likeness (QED) is 0.655. The third-order valence-corrected chi connectivity index (χ3v) is 4.72. The van der Waals surface area contributed by atoms with Gasteiger partial charge in [0.25, 0.3) is 5.91 Å². The highest BCUT2D eigenvalue weighted by atomic mass is 16.5. The highest BCUT2D eigenvalue weighted by Gasteiger charge is 2.18. The average Bonchev–Trinajstić information content (AvgIpc) is 3.25. The molecular weight excluding hydrogens is 354 g/mol. The Labute approximate surface area is 165 Å². The summed E-state index contributed by atoms with van der Waals surface area (Å²) < 4.78 is 13.4. The number of hydrogen-bond donors (Lipinski definition) is 1. The van der Waals surface area contributed by atoms with E-state index in [4.69, 9.17) is 9.15 Å². The van der Waals surface area contributed by atoms with E-state index in [0.717, 1.165) is 34.7 Å². The summed E-state index contributed by atoms with van der Waals surface area (Å²) in [5.74, 6) is 1.41. The molecule has 0 aliphatic carbocycles. The Hall–Kier alpha value is -3.02. The predicted molar refractivity (Wildman–Crippen MR) is 107 cm³/mol. The predicted octanol–water partition coefficient (Wildman–Crippen LogP) is 4.49. The van der Waals surface area contributed by atoms with Gasteiger partial charge in [-0.3, -0.25) is 9.48 Å². The summed E-state index contributed by atoms with van der Waals surface area (Å²) in [5.41, 5.74) is 4.34. The highest BCUT2D eigenvalue weighted by molar-refractivity contribution is 5.91. The van der Waals surface area contributed by atoms with Gasteiger partial charge in [0.05, 0.1) is 12.2 Å². The zero-order chi connectivity index (χ0) is 20.3. The summed E-state index contributed by atoms with van der Waals surface area (Å²) in [5, 5.41) is 7.30. The Morgan fingerprint density at radius 3 is 2.57 bits per heavy atom. The number of carbonyl (C=O) groups is 1. The number of ether oxygens (including phenoxy) is 1. The van der Waals surface area contributed by atoms with E-state index in [2.05, 4.69) is 16.5 Å². The molecule has 6 nitrogen and oxygen atoms in total. The van der Waals surface area contributed by atoms with Gasteiger partial charge in [0.15, 0.2) is 5.76 Å². The zero-order valence-electron chi connectivity index (χ0n) is 17.1. The van der Waals surface area contributed by atoms with Gasteiger partial charge in [-0.15, -0.1) is 0 Å². The van der Waals surface area contributed by atoms with Crippen LogP contribution in [0.3, 0.4) is 0 Å². The molecule has 0 spiro atoms. The highest BCUT2D eigenvalue weighted by Crippen LogP contribution is 2.20. The van der Waals surface area contributed by atoms with Crippen LogP contribution in [-0.2, 0) is 13.2 Å². The van der Waals surface area contributed by atoms with Gasteiger partial charge in [-0.1, -0.05) is 6.07 Å². The van der Waals surface area contributed by atoms with Crippen LogP contribution in [0.15, 0.2) is 40.9 Å². The van der Waals surface area contributed by atoms with Crippen molar-refractivity contribution in [3.63, 3.8) is 0 Å². The molecule has 6 heteroatoms. The Bertz CT molecular complexity index is 951. The first-order valence-electron chi connectivity index (χ1n) is 9.50. The average molecular weight is 381 g/mol. The first kappa shape index (κ1) is 19.7. The molecule has 0 aliphatic rings. The molecule has 1 atom stereocenters. The van der Waals surface area contributed by atoms with Crippen molar-refractivity contribution in [2.75, 3.05) is 0 Å². The molecule has 1 unspecified atom stereocenters. The maximum atomic E-state index is 12.5.